The molecule has 40 heavy (non-hydrogen) atoms. The number of ether oxygens (including phenoxy) is 1. The molecule has 7 nitrogen and oxygen atoms in total. The van der Waals surface area contributed by atoms with E-state index in [2.05, 4.69) is 33.4 Å². The van der Waals surface area contributed by atoms with Gasteiger partial charge in [-0.1, -0.05) is 65.9 Å². The van der Waals surface area contributed by atoms with Gasteiger partial charge in [0.1, 0.15) is 0 Å². The van der Waals surface area contributed by atoms with Crippen molar-refractivity contribution < 1.29 is 14.3 Å². The Hall–Kier alpha value is -4.08. The number of hydrogen-bond donors (Lipinski definition) is 1. The summed E-state index contributed by atoms with van der Waals surface area (Å²) in [6, 6.07) is 24.0. The first-order valence-electron chi connectivity index (χ1n) is 13.3. The number of carbonyl (C=O) groups is 2. The van der Waals surface area contributed by atoms with E-state index in [0.29, 0.717) is 36.0 Å². The Morgan fingerprint density at radius 2 is 1.77 bits per heavy atom. The maximum absolute atomic E-state index is 13.4. The van der Waals surface area contributed by atoms with Crippen LogP contribution in [0, 0.1) is 0 Å². The SMILES string of the molecule is CCOC(=O)c1nc(N2CCc3cccc(C(=O)Nc4nc5ccccc5s4)c3C2)sc1CCc1ccccc1. The standard InChI is InChI=1S/C31H28N4O3S2/c1-2-38-29(37)27-26(16-15-20-9-4-3-5-10-20)40-31(33-27)35-18-17-21-11-8-12-22(23(21)19-35)28(36)34-30-32-24-13-6-7-14-25(24)39-30/h3-14H,2,15-19H2,1H3,(H,32,34,36). The number of rotatable bonds is 8. The van der Waals surface area contributed by atoms with Gasteiger partial charge in [0.15, 0.2) is 16.0 Å². The van der Waals surface area contributed by atoms with Crippen molar-refractivity contribution in [3.05, 3.63) is 106 Å². The van der Waals surface area contributed by atoms with Crippen molar-refractivity contribution in [2.45, 2.75) is 32.7 Å². The molecule has 1 N–H and O–H groups in total. The number of amides is 1. The number of benzene rings is 3. The summed E-state index contributed by atoms with van der Waals surface area (Å²) in [5, 5.41) is 4.36. The molecule has 5 aromatic rings. The monoisotopic (exact) mass is 568 g/mol. The first kappa shape index (κ1) is 26.2. The number of aryl methyl sites for hydroxylation is 2. The maximum atomic E-state index is 13.4. The number of carbonyl (C=O) groups excluding carboxylic acids is 2. The van der Waals surface area contributed by atoms with Crippen LogP contribution in [0.2, 0.25) is 0 Å². The first-order chi connectivity index (χ1) is 19.6. The van der Waals surface area contributed by atoms with Crippen LogP contribution in [0.25, 0.3) is 10.2 Å². The van der Waals surface area contributed by atoms with Crippen LogP contribution in [0.5, 0.6) is 0 Å². The Bertz CT molecular complexity index is 1650. The molecule has 3 heterocycles. The van der Waals surface area contributed by atoms with Gasteiger partial charge in [-0.2, -0.15) is 0 Å². The number of fused-ring (bicyclic) bond motifs is 2. The number of anilines is 2. The van der Waals surface area contributed by atoms with E-state index in [1.54, 1.807) is 6.92 Å². The topological polar surface area (TPSA) is 84.4 Å². The number of nitrogens with one attached hydrogen (secondary N) is 1. The molecule has 0 saturated carbocycles. The molecule has 0 aliphatic carbocycles. The van der Waals surface area contributed by atoms with Gasteiger partial charge in [0.25, 0.3) is 5.91 Å². The number of thiazole rings is 2. The van der Waals surface area contributed by atoms with Gasteiger partial charge >= 0.3 is 5.97 Å². The summed E-state index contributed by atoms with van der Waals surface area (Å²) in [5.41, 5.74) is 5.24. The molecule has 202 valence electrons. The van der Waals surface area contributed by atoms with Crippen molar-refractivity contribution in [3.8, 4) is 0 Å². The largest absolute Gasteiger partial charge is 0.461 e. The van der Waals surface area contributed by atoms with Crippen molar-refractivity contribution in [1.29, 1.82) is 0 Å². The number of esters is 1. The van der Waals surface area contributed by atoms with Gasteiger partial charge in [-0.3, -0.25) is 10.1 Å². The molecule has 0 unspecified atom stereocenters. The van der Waals surface area contributed by atoms with Crippen molar-refractivity contribution >= 4 is 55.0 Å². The summed E-state index contributed by atoms with van der Waals surface area (Å²) in [6.07, 6.45) is 2.30. The summed E-state index contributed by atoms with van der Waals surface area (Å²) in [6.45, 7) is 3.39. The van der Waals surface area contributed by atoms with Crippen molar-refractivity contribution in [1.82, 2.24) is 9.97 Å². The predicted molar refractivity (Wildman–Crippen MR) is 161 cm³/mol. The molecule has 1 aliphatic rings. The summed E-state index contributed by atoms with van der Waals surface area (Å²) in [7, 11) is 0. The van der Waals surface area contributed by atoms with E-state index in [-0.39, 0.29) is 11.9 Å². The summed E-state index contributed by atoms with van der Waals surface area (Å²) in [4.78, 5) is 38.6. The van der Waals surface area contributed by atoms with Crippen LogP contribution in [0.4, 0.5) is 10.3 Å². The van der Waals surface area contributed by atoms with Gasteiger partial charge in [0.05, 0.1) is 16.8 Å². The van der Waals surface area contributed by atoms with Crippen LogP contribution in [0.1, 0.15) is 49.3 Å². The normalized spacial score (nSPS) is 12.8. The fourth-order valence-electron chi connectivity index (χ4n) is 4.95. The Morgan fingerprint density at radius 1 is 0.950 bits per heavy atom. The number of hydrogen-bond acceptors (Lipinski definition) is 8. The second-order valence-corrected chi connectivity index (χ2v) is 11.6. The maximum Gasteiger partial charge on any atom is 0.358 e. The van der Waals surface area contributed by atoms with Gasteiger partial charge in [0.2, 0.25) is 0 Å². The lowest BCUT2D eigenvalue weighted by molar-refractivity contribution is 0.0519. The van der Waals surface area contributed by atoms with Gasteiger partial charge in [-0.05, 0) is 61.1 Å². The van der Waals surface area contributed by atoms with Crippen LogP contribution in [-0.4, -0.2) is 35.0 Å². The predicted octanol–water partition coefficient (Wildman–Crippen LogP) is 6.53. The highest BCUT2D eigenvalue weighted by atomic mass is 32.1. The Kier molecular flexibility index (Phi) is 7.57. The van der Waals surface area contributed by atoms with Crippen molar-refractivity contribution in [2.24, 2.45) is 0 Å². The average molecular weight is 569 g/mol. The third-order valence-corrected chi connectivity index (χ3v) is 9.07. The molecule has 0 saturated heterocycles. The minimum absolute atomic E-state index is 0.173. The van der Waals surface area contributed by atoms with Gasteiger partial charge in [0, 0.05) is 23.5 Å². The Balaban J connectivity index is 1.25. The van der Waals surface area contributed by atoms with E-state index < -0.39 is 0 Å². The Morgan fingerprint density at radius 3 is 2.60 bits per heavy atom. The molecule has 9 heteroatoms. The number of nitrogens with zero attached hydrogens (tertiary/aromatic N) is 3. The minimum Gasteiger partial charge on any atom is -0.461 e. The van der Waals surface area contributed by atoms with Crippen LogP contribution < -0.4 is 10.2 Å². The third-order valence-electron chi connectivity index (χ3n) is 6.94. The van der Waals surface area contributed by atoms with E-state index >= 15 is 0 Å². The van der Waals surface area contributed by atoms with Crippen LogP contribution >= 0.6 is 22.7 Å². The molecular weight excluding hydrogens is 541 g/mol. The van der Waals surface area contributed by atoms with Gasteiger partial charge in [-0.15, -0.1) is 11.3 Å². The molecule has 2 aromatic heterocycles. The highest BCUT2D eigenvalue weighted by Gasteiger charge is 2.27. The zero-order valence-corrected chi connectivity index (χ0v) is 23.7. The molecule has 6 rings (SSSR count). The quantitative estimate of drug-likeness (QED) is 0.214. The van der Waals surface area contributed by atoms with E-state index in [1.165, 1.54) is 28.2 Å². The van der Waals surface area contributed by atoms with Gasteiger partial charge in [-0.25, -0.2) is 14.8 Å². The zero-order valence-electron chi connectivity index (χ0n) is 22.1. The van der Waals surface area contributed by atoms with E-state index in [1.807, 2.05) is 54.6 Å². The van der Waals surface area contributed by atoms with Gasteiger partial charge < -0.3 is 9.64 Å². The average Bonchev–Trinajstić information content (AvgIpc) is 3.60. The minimum atomic E-state index is -0.388. The smallest absolute Gasteiger partial charge is 0.358 e. The fraction of sp³-hybridized carbons (Fsp3) is 0.226. The second-order valence-electron chi connectivity index (χ2n) is 9.53. The van der Waals surface area contributed by atoms with E-state index in [9.17, 15) is 9.59 Å². The molecule has 1 aliphatic heterocycles. The molecular formula is C31H28N4O3S2. The van der Waals surface area contributed by atoms with E-state index in [0.717, 1.165) is 50.7 Å². The molecule has 3 aromatic carbocycles. The zero-order chi connectivity index (χ0) is 27.5. The third kappa shape index (κ3) is 5.48. The number of aromatic nitrogens is 2. The first-order valence-corrected chi connectivity index (χ1v) is 15.0. The van der Waals surface area contributed by atoms with Crippen molar-refractivity contribution in [3.63, 3.8) is 0 Å². The van der Waals surface area contributed by atoms with Crippen LogP contribution in [0.15, 0.2) is 72.8 Å². The van der Waals surface area contributed by atoms with E-state index in [4.69, 9.17) is 9.72 Å². The second kappa shape index (κ2) is 11.6. The Labute approximate surface area is 240 Å². The summed E-state index contributed by atoms with van der Waals surface area (Å²) in [5.74, 6) is -0.561. The fourth-order valence-corrected chi connectivity index (χ4v) is 6.89. The lowest BCUT2D eigenvalue weighted by Crippen LogP contribution is -2.32. The summed E-state index contributed by atoms with van der Waals surface area (Å²) >= 11 is 3.00. The number of para-hydroxylation sites is 1. The van der Waals surface area contributed by atoms with Crippen LogP contribution in [-0.2, 0) is 30.5 Å². The highest BCUT2D eigenvalue weighted by Crippen LogP contribution is 2.33. The highest BCUT2D eigenvalue weighted by molar-refractivity contribution is 7.22. The molecule has 0 spiro atoms. The van der Waals surface area contributed by atoms with Crippen molar-refractivity contribution in [2.75, 3.05) is 23.4 Å². The lowest BCUT2D eigenvalue weighted by atomic mass is 9.94. The molecule has 0 atom stereocenters. The summed E-state index contributed by atoms with van der Waals surface area (Å²) < 4.78 is 6.37. The lowest BCUT2D eigenvalue weighted by Gasteiger charge is -2.29. The molecule has 1 amide bonds. The molecule has 0 radical (unpaired) electrons. The van der Waals surface area contributed by atoms with Crippen LogP contribution in [0.3, 0.4) is 0 Å². The molecule has 0 bridgehead atoms. The molecule has 0 fully saturated rings.